The van der Waals surface area contributed by atoms with Crippen molar-refractivity contribution >= 4 is 58.3 Å². The molecule has 10 heteroatoms. The maximum Gasteiger partial charge on any atom is 0.267 e. The normalized spacial score (nSPS) is 11.4. The number of pyridine rings is 1. The van der Waals surface area contributed by atoms with Crippen molar-refractivity contribution in [2.75, 3.05) is 18.6 Å². The first kappa shape index (κ1) is 24.9. The minimum absolute atomic E-state index is 0.0321. The number of nitrogens with one attached hydrogen (secondary N) is 2. The van der Waals surface area contributed by atoms with Gasteiger partial charge in [0.1, 0.15) is 21.9 Å². The smallest absolute Gasteiger partial charge is 0.267 e. The van der Waals surface area contributed by atoms with Crippen LogP contribution in [0.3, 0.4) is 0 Å². The van der Waals surface area contributed by atoms with E-state index in [1.54, 1.807) is 35.9 Å². The van der Waals surface area contributed by atoms with E-state index >= 15 is 0 Å². The summed E-state index contributed by atoms with van der Waals surface area (Å²) in [6.07, 6.45) is 1.81. The molecule has 0 aliphatic heterocycles. The molecule has 1 aromatic carbocycles. The summed E-state index contributed by atoms with van der Waals surface area (Å²) < 4.78 is 6.31. The van der Waals surface area contributed by atoms with Crippen LogP contribution in [0.5, 0.6) is 0 Å². The molecule has 0 aliphatic carbocycles. The van der Waals surface area contributed by atoms with E-state index in [0.717, 1.165) is 0 Å². The Morgan fingerprint density at radius 1 is 1.32 bits per heavy atom. The number of halogens is 1. The van der Waals surface area contributed by atoms with Crippen molar-refractivity contribution in [2.24, 2.45) is 10.1 Å². The minimum atomic E-state index is -0.213. The molecule has 7 nitrogen and oxygen atoms in total. The van der Waals surface area contributed by atoms with Crippen LogP contribution in [0.25, 0.3) is 16.7 Å². The third-order valence-corrected chi connectivity index (χ3v) is 5.31. The van der Waals surface area contributed by atoms with Gasteiger partial charge in [0.15, 0.2) is 0 Å². The fraction of sp³-hybridized carbons (Fsp3) is 0.333. The molecule has 0 radical (unpaired) electrons. The monoisotopic (exact) mass is 478 g/mol. The lowest BCUT2D eigenvalue weighted by Gasteiger charge is -2.21. The Kier molecular flexibility index (Phi) is 8.67. The van der Waals surface area contributed by atoms with Crippen molar-refractivity contribution in [3.8, 4) is 5.69 Å². The first-order chi connectivity index (χ1) is 14.8. The predicted octanol–water partition coefficient (Wildman–Crippen LogP) is 5.27. The van der Waals surface area contributed by atoms with Gasteiger partial charge in [-0.2, -0.15) is 4.40 Å². The summed E-state index contributed by atoms with van der Waals surface area (Å²) in [6.45, 7) is 7.95. The highest BCUT2D eigenvalue weighted by molar-refractivity contribution is 7.97. The molecule has 2 heterocycles. The number of nitrogens with two attached hydrogens (primary N) is 1. The lowest BCUT2D eigenvalue weighted by molar-refractivity contribution is 0.721. The van der Waals surface area contributed by atoms with Crippen molar-refractivity contribution in [2.45, 2.75) is 33.6 Å². The molecular formula is C21H27ClN6OS2. The first-order valence-electron chi connectivity index (χ1n) is 9.83. The molecule has 31 heavy (non-hydrogen) atoms. The molecule has 0 spiro atoms. The quantitative estimate of drug-likeness (QED) is 0.200. The number of H-pyrrole nitrogens is 1. The van der Waals surface area contributed by atoms with Crippen LogP contribution in [0.15, 0.2) is 33.5 Å². The van der Waals surface area contributed by atoms with Gasteiger partial charge in [0.2, 0.25) is 0 Å². The summed E-state index contributed by atoms with van der Waals surface area (Å²) in [4.78, 5) is 21.2. The molecule has 0 fully saturated rings. The van der Waals surface area contributed by atoms with Crippen LogP contribution in [0.4, 0.5) is 5.69 Å². The number of aromatic amines is 1. The highest BCUT2D eigenvalue weighted by atomic mass is 35.5. The highest BCUT2D eigenvalue weighted by Gasteiger charge is 2.21. The lowest BCUT2D eigenvalue weighted by Crippen LogP contribution is -2.27. The van der Waals surface area contributed by atoms with Crippen LogP contribution >= 0.6 is 35.8 Å². The largest absolute Gasteiger partial charge is 0.386 e. The van der Waals surface area contributed by atoms with Gasteiger partial charge in [-0.15, -0.1) is 0 Å². The Balaban J connectivity index is 0.00000166. The molecule has 0 saturated heterocycles. The molecule has 3 rings (SSSR count). The van der Waals surface area contributed by atoms with E-state index in [-0.39, 0.29) is 17.3 Å². The molecule has 2 aromatic heterocycles. The number of hydrogen-bond acceptors (Lipinski definition) is 6. The number of hydrogen-bond donors (Lipinski definition) is 3. The average Bonchev–Trinajstić information content (AvgIpc) is 2.74. The van der Waals surface area contributed by atoms with Crippen LogP contribution in [-0.2, 0) is 0 Å². The Morgan fingerprint density at radius 2 is 2.00 bits per heavy atom. The van der Waals surface area contributed by atoms with Crippen molar-refractivity contribution in [3.63, 3.8) is 0 Å². The van der Waals surface area contributed by atoms with Gasteiger partial charge in [-0.1, -0.05) is 51.5 Å². The topological polar surface area (TPSA) is 101 Å². The maximum absolute atomic E-state index is 13.5. The molecule has 4 N–H and O–H groups in total. The zero-order valence-electron chi connectivity index (χ0n) is 18.4. The van der Waals surface area contributed by atoms with Crippen LogP contribution in [-0.4, -0.2) is 33.7 Å². The van der Waals surface area contributed by atoms with E-state index in [1.807, 2.05) is 34.0 Å². The molecule has 0 atom stereocenters. The molecule has 0 bridgehead atoms. The van der Waals surface area contributed by atoms with Gasteiger partial charge in [-0.05, 0) is 36.2 Å². The highest BCUT2D eigenvalue weighted by Crippen LogP contribution is 2.32. The van der Waals surface area contributed by atoms with E-state index in [1.165, 1.54) is 11.9 Å². The van der Waals surface area contributed by atoms with Gasteiger partial charge in [0.25, 0.3) is 5.56 Å². The Hall–Kier alpha value is -2.36. The van der Waals surface area contributed by atoms with E-state index in [0.29, 0.717) is 43.5 Å². The van der Waals surface area contributed by atoms with E-state index in [4.69, 9.17) is 34.5 Å². The molecule has 166 valence electrons. The second-order valence-corrected chi connectivity index (χ2v) is 7.97. The van der Waals surface area contributed by atoms with Gasteiger partial charge < -0.3 is 16.0 Å². The molecule has 0 amide bonds. The summed E-state index contributed by atoms with van der Waals surface area (Å²) in [6, 6.07) is 6.84. The van der Waals surface area contributed by atoms with Gasteiger partial charge >= 0.3 is 0 Å². The third kappa shape index (κ3) is 4.94. The summed E-state index contributed by atoms with van der Waals surface area (Å²) in [5.41, 5.74) is 8.14. The first-order valence-corrected chi connectivity index (χ1v) is 11.8. The predicted molar refractivity (Wildman–Crippen MR) is 137 cm³/mol. The second-order valence-electron chi connectivity index (χ2n) is 6.58. The van der Waals surface area contributed by atoms with Crippen LogP contribution in [0.2, 0.25) is 5.02 Å². The molecule has 0 saturated carbocycles. The van der Waals surface area contributed by atoms with Gasteiger partial charge in [-0.25, -0.2) is 4.98 Å². The number of benzene rings is 1. The summed E-state index contributed by atoms with van der Waals surface area (Å²) in [7, 11) is 1.75. The Labute approximate surface area is 196 Å². The van der Waals surface area contributed by atoms with Crippen LogP contribution < -0.4 is 16.6 Å². The second kappa shape index (κ2) is 10.8. The average molecular weight is 479 g/mol. The summed E-state index contributed by atoms with van der Waals surface area (Å²) >= 11 is 12.8. The fourth-order valence-electron chi connectivity index (χ4n) is 3.13. The number of fused-ring (bicyclic) bond motifs is 1. The van der Waals surface area contributed by atoms with Crippen LogP contribution in [0, 0.1) is 4.64 Å². The lowest BCUT2D eigenvalue weighted by atomic mass is 10.1. The molecule has 3 aromatic rings. The Morgan fingerprint density at radius 3 is 2.58 bits per heavy atom. The van der Waals surface area contributed by atoms with E-state index < -0.39 is 0 Å². The molecule has 0 aliphatic rings. The number of amidine groups is 1. The number of rotatable bonds is 5. The fourth-order valence-corrected chi connectivity index (χ4v) is 3.84. The van der Waals surface area contributed by atoms with Crippen molar-refractivity contribution in [3.05, 3.63) is 55.7 Å². The number of aromatic nitrogens is 3. The van der Waals surface area contributed by atoms with Crippen molar-refractivity contribution < 1.29 is 0 Å². The van der Waals surface area contributed by atoms with E-state index in [2.05, 4.69) is 14.7 Å². The third-order valence-electron chi connectivity index (χ3n) is 4.37. The zero-order chi connectivity index (χ0) is 23.3. The zero-order valence-corrected chi connectivity index (χ0v) is 20.8. The number of nitrogens with zero attached hydrogens (tertiary/aromatic N) is 3. The summed E-state index contributed by atoms with van der Waals surface area (Å²) in [5.74, 6) is 0.825. The number of anilines is 1. The maximum atomic E-state index is 13.5. The van der Waals surface area contributed by atoms with Crippen molar-refractivity contribution in [1.82, 2.24) is 14.5 Å². The minimum Gasteiger partial charge on any atom is -0.386 e. The standard InChI is InChI=1S/C19H21ClN6OS2.C2H6/c1-9(2)18-24-17-10(5-8-13(28)23-17)19(27)26(18)12-7-6-11(20)14(15(12)22-3)16(21)25-29-4;1-2/h5-9,22H,1-4H3,(H2,21,25)(H,23,28);1-2H3. The van der Waals surface area contributed by atoms with Gasteiger partial charge in [0, 0.05) is 19.2 Å². The molecule has 0 unspecified atom stereocenters. The SMILES string of the molecule is CC.CNc1c(-n2c(C(C)C)nc3[nH]c(=S)ccc3c2=O)ccc(Cl)c1/C(N)=N/SC. The van der Waals surface area contributed by atoms with E-state index in [9.17, 15) is 4.79 Å². The van der Waals surface area contributed by atoms with Crippen molar-refractivity contribution in [1.29, 1.82) is 0 Å². The Bertz CT molecular complexity index is 1230. The van der Waals surface area contributed by atoms with Crippen LogP contribution in [0.1, 0.15) is 45.0 Å². The van der Waals surface area contributed by atoms with Gasteiger partial charge in [-0.3, -0.25) is 9.36 Å². The summed E-state index contributed by atoms with van der Waals surface area (Å²) in [5, 5.41) is 4.00. The molecular weight excluding hydrogens is 452 g/mol. The van der Waals surface area contributed by atoms with Gasteiger partial charge in [0.05, 0.1) is 27.3 Å².